The van der Waals surface area contributed by atoms with Crippen molar-refractivity contribution in [3.8, 4) is 0 Å². The number of benzene rings is 1. The first-order chi connectivity index (χ1) is 7.99. The first kappa shape index (κ1) is 12.5. The van der Waals surface area contributed by atoms with Crippen molar-refractivity contribution >= 4 is 29.8 Å². The lowest BCUT2D eigenvalue weighted by atomic mass is 10.1. The number of aliphatic carboxylic acids is 2. The summed E-state index contributed by atoms with van der Waals surface area (Å²) < 4.78 is 0. The molecular weight excluding hydrogens is 222 g/mol. The van der Waals surface area contributed by atoms with Crippen molar-refractivity contribution in [1.29, 1.82) is 0 Å². The molecule has 0 aliphatic carbocycles. The zero-order valence-electron chi connectivity index (χ0n) is 8.83. The Kier molecular flexibility index (Phi) is 4.05. The molecule has 0 unspecified atom stereocenters. The van der Waals surface area contributed by atoms with Crippen LogP contribution in [0.25, 0.3) is 12.2 Å². The highest BCUT2D eigenvalue weighted by atomic mass is 16.4. The predicted octanol–water partition coefficient (Wildman–Crippen LogP) is 1.46. The molecule has 0 aromatic heterocycles. The highest BCUT2D eigenvalue weighted by molar-refractivity contribution is 5.88. The van der Waals surface area contributed by atoms with E-state index in [1.807, 2.05) is 0 Å². The summed E-state index contributed by atoms with van der Waals surface area (Å²) in [6.45, 7) is 0. The van der Waals surface area contributed by atoms with E-state index < -0.39 is 11.9 Å². The Balaban J connectivity index is 2.94. The van der Waals surface area contributed by atoms with Crippen molar-refractivity contribution < 1.29 is 19.8 Å². The van der Waals surface area contributed by atoms with Crippen LogP contribution in [0.1, 0.15) is 11.1 Å². The molecule has 0 bridgehead atoms. The van der Waals surface area contributed by atoms with Crippen LogP contribution in [0.15, 0.2) is 30.4 Å². The van der Waals surface area contributed by atoms with E-state index in [-0.39, 0.29) is 0 Å². The van der Waals surface area contributed by atoms with Crippen LogP contribution in [0.4, 0.5) is 5.69 Å². The van der Waals surface area contributed by atoms with Crippen molar-refractivity contribution in [2.45, 2.75) is 0 Å². The minimum absolute atomic E-state index is 0.384. The van der Waals surface area contributed by atoms with Crippen LogP contribution < -0.4 is 5.73 Å². The Labute approximate surface area is 97.5 Å². The van der Waals surface area contributed by atoms with Gasteiger partial charge in [0, 0.05) is 17.8 Å². The van der Waals surface area contributed by atoms with Crippen LogP contribution in [0, 0.1) is 0 Å². The van der Waals surface area contributed by atoms with E-state index in [0.717, 1.165) is 12.2 Å². The first-order valence-electron chi connectivity index (χ1n) is 4.70. The van der Waals surface area contributed by atoms with Crippen LogP contribution in [0.5, 0.6) is 0 Å². The molecule has 0 atom stereocenters. The average molecular weight is 233 g/mol. The van der Waals surface area contributed by atoms with E-state index in [0.29, 0.717) is 16.8 Å². The zero-order chi connectivity index (χ0) is 12.8. The Bertz CT molecular complexity index is 503. The lowest BCUT2D eigenvalue weighted by Crippen LogP contribution is -1.92. The lowest BCUT2D eigenvalue weighted by Gasteiger charge is -2.01. The largest absolute Gasteiger partial charge is 0.478 e. The van der Waals surface area contributed by atoms with Gasteiger partial charge in [-0.05, 0) is 29.3 Å². The van der Waals surface area contributed by atoms with E-state index in [1.54, 1.807) is 18.2 Å². The first-order valence-corrected chi connectivity index (χ1v) is 4.70. The van der Waals surface area contributed by atoms with Gasteiger partial charge in [-0.1, -0.05) is 12.1 Å². The number of anilines is 1. The van der Waals surface area contributed by atoms with E-state index in [1.165, 1.54) is 12.2 Å². The van der Waals surface area contributed by atoms with E-state index in [9.17, 15) is 9.59 Å². The summed E-state index contributed by atoms with van der Waals surface area (Å²) in [5.41, 5.74) is 7.28. The van der Waals surface area contributed by atoms with Gasteiger partial charge in [0.2, 0.25) is 0 Å². The molecule has 0 fully saturated rings. The zero-order valence-corrected chi connectivity index (χ0v) is 8.83. The highest BCUT2D eigenvalue weighted by Crippen LogP contribution is 2.16. The van der Waals surface area contributed by atoms with Gasteiger partial charge in [-0.15, -0.1) is 0 Å². The number of carbonyl (C=O) groups is 2. The fraction of sp³-hybridized carbons (Fsp3) is 0. The summed E-state index contributed by atoms with van der Waals surface area (Å²) in [6.07, 6.45) is 4.77. The molecule has 0 spiro atoms. The second kappa shape index (κ2) is 5.50. The van der Waals surface area contributed by atoms with Crippen molar-refractivity contribution in [2.75, 3.05) is 5.73 Å². The molecule has 1 rings (SSSR count). The number of rotatable bonds is 4. The van der Waals surface area contributed by atoms with Crippen molar-refractivity contribution in [1.82, 2.24) is 0 Å². The number of hydrogen-bond donors (Lipinski definition) is 3. The van der Waals surface area contributed by atoms with E-state index >= 15 is 0 Å². The highest BCUT2D eigenvalue weighted by Gasteiger charge is 1.97. The smallest absolute Gasteiger partial charge is 0.328 e. The molecule has 0 heterocycles. The van der Waals surface area contributed by atoms with Crippen molar-refractivity contribution in [3.63, 3.8) is 0 Å². The van der Waals surface area contributed by atoms with Gasteiger partial charge in [0.25, 0.3) is 0 Å². The predicted molar refractivity (Wildman–Crippen MR) is 64.2 cm³/mol. The van der Waals surface area contributed by atoms with E-state index in [2.05, 4.69) is 0 Å². The van der Waals surface area contributed by atoms with Gasteiger partial charge in [-0.2, -0.15) is 0 Å². The fourth-order valence-electron chi connectivity index (χ4n) is 1.18. The second-order valence-corrected chi connectivity index (χ2v) is 3.23. The van der Waals surface area contributed by atoms with Gasteiger partial charge in [-0.25, -0.2) is 9.59 Å². The standard InChI is InChI=1S/C12H11NO4/c13-10-7-8(2-5-11(14)15)1-3-9(10)4-6-12(16)17/h1-7H,13H2,(H,14,15)(H,16,17). The van der Waals surface area contributed by atoms with Crippen LogP contribution in [0.3, 0.4) is 0 Å². The van der Waals surface area contributed by atoms with Crippen molar-refractivity contribution in [3.05, 3.63) is 41.5 Å². The molecule has 0 aliphatic heterocycles. The molecule has 1 aromatic rings. The second-order valence-electron chi connectivity index (χ2n) is 3.23. The number of nitrogen functional groups attached to an aromatic ring is 1. The topological polar surface area (TPSA) is 101 Å². The Morgan fingerprint density at radius 2 is 1.65 bits per heavy atom. The quantitative estimate of drug-likeness (QED) is 0.540. The summed E-state index contributed by atoms with van der Waals surface area (Å²) >= 11 is 0. The van der Waals surface area contributed by atoms with Crippen LogP contribution >= 0.6 is 0 Å². The Morgan fingerprint density at radius 1 is 1.06 bits per heavy atom. The molecule has 0 saturated heterocycles. The number of hydrogen-bond acceptors (Lipinski definition) is 3. The van der Waals surface area contributed by atoms with Gasteiger partial charge in [0.15, 0.2) is 0 Å². The number of carboxylic acid groups (broad SMARTS) is 2. The summed E-state index contributed by atoms with van der Waals surface area (Å²) in [5.74, 6) is -2.10. The number of carboxylic acids is 2. The van der Waals surface area contributed by atoms with Gasteiger partial charge in [0.05, 0.1) is 0 Å². The van der Waals surface area contributed by atoms with Crippen molar-refractivity contribution in [2.24, 2.45) is 0 Å². The summed E-state index contributed by atoms with van der Waals surface area (Å²) in [4.78, 5) is 20.6. The summed E-state index contributed by atoms with van der Waals surface area (Å²) in [5, 5.41) is 16.9. The Hall–Kier alpha value is -2.56. The SMILES string of the molecule is Nc1cc(C=CC(=O)O)ccc1C=CC(=O)O. The van der Waals surface area contributed by atoms with Gasteiger partial charge < -0.3 is 15.9 Å². The summed E-state index contributed by atoms with van der Waals surface area (Å²) in [6, 6.07) is 4.84. The third-order valence-electron chi connectivity index (χ3n) is 1.93. The third-order valence-corrected chi connectivity index (χ3v) is 1.93. The minimum atomic E-state index is -1.06. The summed E-state index contributed by atoms with van der Waals surface area (Å²) in [7, 11) is 0. The molecule has 1 aromatic carbocycles. The third kappa shape index (κ3) is 4.21. The number of nitrogens with two attached hydrogens (primary N) is 1. The average Bonchev–Trinajstić information content (AvgIpc) is 2.24. The maximum Gasteiger partial charge on any atom is 0.328 e. The molecule has 88 valence electrons. The molecule has 0 amide bonds. The monoisotopic (exact) mass is 233 g/mol. The molecule has 0 radical (unpaired) electrons. The maximum atomic E-state index is 10.3. The molecule has 4 N–H and O–H groups in total. The van der Waals surface area contributed by atoms with Crippen LogP contribution in [-0.2, 0) is 9.59 Å². The molecule has 0 saturated carbocycles. The van der Waals surface area contributed by atoms with Gasteiger partial charge >= 0.3 is 11.9 Å². The molecule has 0 aliphatic rings. The van der Waals surface area contributed by atoms with E-state index in [4.69, 9.17) is 15.9 Å². The van der Waals surface area contributed by atoms with Gasteiger partial charge in [-0.3, -0.25) is 0 Å². The molecular formula is C12H11NO4. The minimum Gasteiger partial charge on any atom is -0.478 e. The van der Waals surface area contributed by atoms with Crippen LogP contribution in [-0.4, -0.2) is 22.2 Å². The Morgan fingerprint density at radius 3 is 2.18 bits per heavy atom. The molecule has 5 heteroatoms. The maximum absolute atomic E-state index is 10.3. The molecule has 17 heavy (non-hydrogen) atoms. The molecule has 5 nitrogen and oxygen atoms in total. The van der Waals surface area contributed by atoms with Gasteiger partial charge in [0.1, 0.15) is 0 Å². The lowest BCUT2D eigenvalue weighted by molar-refractivity contribution is -0.132. The van der Waals surface area contributed by atoms with Crippen LogP contribution in [0.2, 0.25) is 0 Å². The normalized spacial score (nSPS) is 11.1. The fourth-order valence-corrected chi connectivity index (χ4v) is 1.18.